The second-order valence-electron chi connectivity index (χ2n) is 5.12. The lowest BCUT2D eigenvalue weighted by Gasteiger charge is -2.10. The van der Waals surface area contributed by atoms with Crippen LogP contribution in [-0.4, -0.2) is 27.9 Å². The van der Waals surface area contributed by atoms with Crippen LogP contribution in [0.15, 0.2) is 40.3 Å². The largest absolute Gasteiger partial charge is 0.394 e. The number of hydrogen-bond donors (Lipinski definition) is 1. The van der Waals surface area contributed by atoms with Gasteiger partial charge in [-0.2, -0.15) is 0 Å². The van der Waals surface area contributed by atoms with Gasteiger partial charge in [0.25, 0.3) is 0 Å². The summed E-state index contributed by atoms with van der Waals surface area (Å²) in [6.45, 7) is 5.14. The van der Waals surface area contributed by atoms with Crippen LogP contribution in [-0.2, 0) is 18.4 Å². The zero-order valence-electron chi connectivity index (χ0n) is 12.7. The third kappa shape index (κ3) is 4.09. The highest BCUT2D eigenvalue weighted by atomic mass is 32.2. The second kappa shape index (κ2) is 7.64. The van der Waals surface area contributed by atoms with Crippen LogP contribution in [0.1, 0.15) is 31.3 Å². The lowest BCUT2D eigenvalue weighted by molar-refractivity contribution is 0.0763. The molecule has 0 unspecified atom stereocenters. The number of imidazole rings is 1. The van der Waals surface area contributed by atoms with E-state index in [1.807, 2.05) is 25.2 Å². The molecular weight excluding hydrogens is 284 g/mol. The van der Waals surface area contributed by atoms with Gasteiger partial charge in [-0.15, -0.1) is 0 Å². The Morgan fingerprint density at radius 1 is 1.29 bits per heavy atom. The first-order valence-electron chi connectivity index (χ1n) is 7.10. The molecule has 4 nitrogen and oxygen atoms in total. The van der Waals surface area contributed by atoms with Crippen molar-refractivity contribution in [1.82, 2.24) is 9.55 Å². The number of benzene rings is 1. The van der Waals surface area contributed by atoms with E-state index in [1.54, 1.807) is 11.8 Å². The van der Waals surface area contributed by atoms with Gasteiger partial charge in [0.1, 0.15) is 17.5 Å². The third-order valence-corrected chi connectivity index (χ3v) is 4.17. The summed E-state index contributed by atoms with van der Waals surface area (Å²) in [6.07, 6.45) is 0. The van der Waals surface area contributed by atoms with Crippen molar-refractivity contribution in [2.75, 3.05) is 13.2 Å². The molecule has 0 aliphatic carbocycles. The van der Waals surface area contributed by atoms with E-state index in [2.05, 4.69) is 30.5 Å². The summed E-state index contributed by atoms with van der Waals surface area (Å²) in [5.41, 5.74) is 1.21. The van der Waals surface area contributed by atoms with E-state index < -0.39 is 0 Å². The minimum atomic E-state index is 0.0348. The zero-order chi connectivity index (χ0) is 15.2. The van der Waals surface area contributed by atoms with Crippen molar-refractivity contribution in [3.05, 3.63) is 41.9 Å². The smallest absolute Gasteiger partial charge is 0.136 e. The second-order valence-corrected chi connectivity index (χ2v) is 6.19. The van der Waals surface area contributed by atoms with Gasteiger partial charge >= 0.3 is 0 Å². The van der Waals surface area contributed by atoms with Crippen LogP contribution in [0.3, 0.4) is 0 Å². The van der Waals surface area contributed by atoms with E-state index in [0.717, 1.165) is 10.9 Å². The molecule has 0 aliphatic rings. The third-order valence-electron chi connectivity index (χ3n) is 3.17. The molecule has 1 N–H and O–H groups in total. The fraction of sp³-hybridized carbons (Fsp3) is 0.438. The predicted octanol–water partition coefficient (Wildman–Crippen LogP) is 3.20. The van der Waals surface area contributed by atoms with Crippen molar-refractivity contribution in [2.45, 2.75) is 36.3 Å². The molecule has 2 rings (SSSR count). The van der Waals surface area contributed by atoms with Crippen molar-refractivity contribution >= 4 is 11.8 Å². The minimum Gasteiger partial charge on any atom is -0.394 e. The number of aliphatic hydroxyl groups is 1. The predicted molar refractivity (Wildman–Crippen MR) is 84.6 cm³/mol. The van der Waals surface area contributed by atoms with Crippen LogP contribution >= 0.6 is 11.8 Å². The molecule has 21 heavy (non-hydrogen) atoms. The quantitative estimate of drug-likeness (QED) is 0.798. The standard InChI is InChI=1S/C16H22N2O2S/c1-12(2)15-16(21-13-7-5-4-6-8-13)17-14(18(15)3)11-20-10-9-19/h4-8,12,19H,9-11H2,1-3H3. The maximum absolute atomic E-state index is 8.80. The highest BCUT2D eigenvalue weighted by Crippen LogP contribution is 2.33. The molecule has 114 valence electrons. The number of nitrogens with zero attached hydrogens (tertiary/aromatic N) is 2. The average Bonchev–Trinajstić information content (AvgIpc) is 2.76. The number of rotatable bonds is 7. The highest BCUT2D eigenvalue weighted by Gasteiger charge is 2.18. The van der Waals surface area contributed by atoms with Gasteiger partial charge in [-0.25, -0.2) is 4.98 Å². The lowest BCUT2D eigenvalue weighted by Crippen LogP contribution is -2.07. The molecule has 1 heterocycles. The summed E-state index contributed by atoms with van der Waals surface area (Å²) in [4.78, 5) is 5.90. The fourth-order valence-corrected chi connectivity index (χ4v) is 3.34. The van der Waals surface area contributed by atoms with Crippen LogP contribution in [0, 0.1) is 0 Å². The van der Waals surface area contributed by atoms with Crippen LogP contribution in [0.2, 0.25) is 0 Å². The molecule has 0 fully saturated rings. The average molecular weight is 306 g/mol. The van der Waals surface area contributed by atoms with Crippen LogP contribution in [0.25, 0.3) is 0 Å². The molecule has 0 bridgehead atoms. The molecule has 0 aliphatic heterocycles. The monoisotopic (exact) mass is 306 g/mol. The van der Waals surface area contributed by atoms with E-state index in [-0.39, 0.29) is 6.61 Å². The maximum atomic E-state index is 8.80. The Bertz CT molecular complexity index is 567. The molecule has 1 aromatic heterocycles. The molecule has 1 aromatic carbocycles. The molecule has 0 saturated heterocycles. The van der Waals surface area contributed by atoms with Crippen molar-refractivity contribution in [1.29, 1.82) is 0 Å². The van der Waals surface area contributed by atoms with Gasteiger partial charge in [0.05, 0.1) is 18.9 Å². The van der Waals surface area contributed by atoms with Gasteiger partial charge in [0.15, 0.2) is 0 Å². The van der Waals surface area contributed by atoms with Gasteiger partial charge < -0.3 is 14.4 Å². The summed E-state index contributed by atoms with van der Waals surface area (Å²) in [7, 11) is 2.02. The Labute approximate surface area is 130 Å². The number of aliphatic hydroxyl groups excluding tert-OH is 1. The summed E-state index contributed by atoms with van der Waals surface area (Å²) >= 11 is 1.68. The minimum absolute atomic E-state index is 0.0348. The Kier molecular flexibility index (Phi) is 5.85. The normalized spacial score (nSPS) is 11.3. The number of hydrogen-bond acceptors (Lipinski definition) is 4. The van der Waals surface area contributed by atoms with Gasteiger partial charge in [0.2, 0.25) is 0 Å². The summed E-state index contributed by atoms with van der Waals surface area (Å²) < 4.78 is 7.51. The van der Waals surface area contributed by atoms with E-state index >= 15 is 0 Å². The fourth-order valence-electron chi connectivity index (χ4n) is 2.20. The first-order chi connectivity index (χ1) is 10.1. The van der Waals surface area contributed by atoms with Crippen LogP contribution in [0.5, 0.6) is 0 Å². The molecule has 0 saturated carbocycles. The van der Waals surface area contributed by atoms with Gasteiger partial charge in [-0.1, -0.05) is 43.8 Å². The van der Waals surface area contributed by atoms with Crippen molar-refractivity contribution < 1.29 is 9.84 Å². The SMILES string of the molecule is CC(C)c1c(Sc2ccccc2)nc(COCCO)n1C. The van der Waals surface area contributed by atoms with E-state index in [1.165, 1.54) is 10.6 Å². The van der Waals surface area contributed by atoms with E-state index in [9.17, 15) is 0 Å². The topological polar surface area (TPSA) is 47.3 Å². The van der Waals surface area contributed by atoms with Gasteiger partial charge in [-0.05, 0) is 18.1 Å². The summed E-state index contributed by atoms with van der Waals surface area (Å²) in [5.74, 6) is 1.28. The van der Waals surface area contributed by atoms with Gasteiger partial charge in [-0.3, -0.25) is 0 Å². The summed E-state index contributed by atoms with van der Waals surface area (Å²) in [5, 5.41) is 9.83. The van der Waals surface area contributed by atoms with Crippen LogP contribution < -0.4 is 0 Å². The molecule has 0 amide bonds. The van der Waals surface area contributed by atoms with E-state index in [4.69, 9.17) is 14.8 Å². The summed E-state index contributed by atoms with van der Waals surface area (Å²) in [6, 6.07) is 10.3. The molecular formula is C16H22N2O2S. The van der Waals surface area contributed by atoms with Crippen LogP contribution in [0.4, 0.5) is 0 Å². The lowest BCUT2D eigenvalue weighted by atomic mass is 10.1. The number of ether oxygens (including phenoxy) is 1. The zero-order valence-corrected chi connectivity index (χ0v) is 13.6. The molecule has 0 atom stereocenters. The number of aromatic nitrogens is 2. The highest BCUT2D eigenvalue weighted by molar-refractivity contribution is 7.99. The van der Waals surface area contributed by atoms with Gasteiger partial charge in [0, 0.05) is 11.9 Å². The Morgan fingerprint density at radius 3 is 2.62 bits per heavy atom. The maximum Gasteiger partial charge on any atom is 0.136 e. The molecule has 0 spiro atoms. The van der Waals surface area contributed by atoms with Crippen molar-refractivity contribution in [2.24, 2.45) is 7.05 Å². The van der Waals surface area contributed by atoms with E-state index in [0.29, 0.717) is 19.1 Å². The molecule has 5 heteroatoms. The first-order valence-corrected chi connectivity index (χ1v) is 7.92. The van der Waals surface area contributed by atoms with Crippen molar-refractivity contribution in [3.63, 3.8) is 0 Å². The molecule has 0 radical (unpaired) electrons. The first kappa shape index (κ1) is 16.1. The van der Waals surface area contributed by atoms with Crippen molar-refractivity contribution in [3.8, 4) is 0 Å². The Balaban J connectivity index is 2.24. The Morgan fingerprint density at radius 2 is 2.00 bits per heavy atom. The molecule has 2 aromatic rings. The Hall–Kier alpha value is -1.30.